The number of tetrazole rings is 1. The van der Waals surface area contributed by atoms with Crippen LogP contribution in [0.15, 0.2) is 24.5 Å². The summed E-state index contributed by atoms with van der Waals surface area (Å²) >= 11 is 0. The number of aromatic nitrogens is 5. The van der Waals surface area contributed by atoms with Gasteiger partial charge >= 0.3 is 5.97 Å². The molecule has 0 fully saturated rings. The first kappa shape index (κ1) is 12.2. The maximum Gasteiger partial charge on any atom is 0.305 e. The summed E-state index contributed by atoms with van der Waals surface area (Å²) in [7, 11) is 0. The summed E-state index contributed by atoms with van der Waals surface area (Å²) in [6.45, 7) is 1.78. The van der Waals surface area contributed by atoms with Crippen molar-refractivity contribution in [2.45, 2.75) is 25.8 Å². The van der Waals surface area contributed by atoms with Crippen LogP contribution in [0.3, 0.4) is 0 Å². The second-order valence-electron chi connectivity index (χ2n) is 4.02. The molecule has 1 atom stereocenters. The minimum atomic E-state index is -0.868. The van der Waals surface area contributed by atoms with E-state index in [-0.39, 0.29) is 12.5 Å². The number of aliphatic carboxylic acids is 1. The van der Waals surface area contributed by atoms with Gasteiger partial charge in [-0.2, -0.15) is 0 Å². The molecule has 0 amide bonds. The van der Waals surface area contributed by atoms with E-state index < -0.39 is 5.97 Å². The molecular formula is C11H13N5O2. The van der Waals surface area contributed by atoms with Gasteiger partial charge < -0.3 is 5.11 Å². The van der Waals surface area contributed by atoms with Gasteiger partial charge in [0, 0.05) is 18.8 Å². The zero-order chi connectivity index (χ0) is 13.0. The van der Waals surface area contributed by atoms with Crippen molar-refractivity contribution in [3.8, 4) is 0 Å². The quantitative estimate of drug-likeness (QED) is 0.835. The molecule has 1 unspecified atom stereocenters. The summed E-state index contributed by atoms with van der Waals surface area (Å²) in [6.07, 6.45) is 3.95. The Morgan fingerprint density at radius 3 is 2.83 bits per heavy atom. The van der Waals surface area contributed by atoms with Crippen LogP contribution in [-0.4, -0.2) is 36.3 Å². The Morgan fingerprint density at radius 1 is 1.44 bits per heavy atom. The lowest BCUT2D eigenvalue weighted by molar-refractivity contribution is -0.137. The lowest BCUT2D eigenvalue weighted by Crippen LogP contribution is -2.15. The molecule has 7 heteroatoms. The van der Waals surface area contributed by atoms with Crippen molar-refractivity contribution in [3.05, 3.63) is 35.9 Å². The SMILES string of the molecule is CC(CC(=O)O)n1nnnc1Cc1ccncc1. The Morgan fingerprint density at radius 2 is 2.17 bits per heavy atom. The Balaban J connectivity index is 2.15. The molecule has 7 nitrogen and oxygen atoms in total. The molecule has 0 aromatic carbocycles. The molecule has 0 aliphatic heterocycles. The van der Waals surface area contributed by atoms with E-state index in [1.165, 1.54) is 0 Å². The fourth-order valence-electron chi connectivity index (χ4n) is 1.69. The highest BCUT2D eigenvalue weighted by Crippen LogP contribution is 2.13. The van der Waals surface area contributed by atoms with E-state index in [2.05, 4.69) is 20.5 Å². The number of pyridine rings is 1. The minimum Gasteiger partial charge on any atom is -0.481 e. The second-order valence-corrected chi connectivity index (χ2v) is 4.02. The predicted molar refractivity (Wildman–Crippen MR) is 61.8 cm³/mol. The minimum absolute atomic E-state index is 0.00557. The van der Waals surface area contributed by atoms with Crippen molar-refractivity contribution >= 4 is 5.97 Å². The van der Waals surface area contributed by atoms with Crippen LogP contribution in [-0.2, 0) is 11.2 Å². The Kier molecular flexibility index (Phi) is 3.61. The van der Waals surface area contributed by atoms with Gasteiger partial charge in [-0.25, -0.2) is 4.68 Å². The summed E-state index contributed by atoms with van der Waals surface area (Å²) in [5, 5.41) is 20.1. The first-order valence-corrected chi connectivity index (χ1v) is 5.54. The number of rotatable bonds is 5. The van der Waals surface area contributed by atoms with Crippen molar-refractivity contribution in [1.82, 2.24) is 25.2 Å². The fraction of sp³-hybridized carbons (Fsp3) is 0.364. The first-order chi connectivity index (χ1) is 8.66. The Labute approximate surface area is 103 Å². The van der Waals surface area contributed by atoms with Crippen LogP contribution in [0, 0.1) is 0 Å². The molecule has 0 spiro atoms. The van der Waals surface area contributed by atoms with Crippen LogP contribution in [0.5, 0.6) is 0 Å². The smallest absolute Gasteiger partial charge is 0.305 e. The van der Waals surface area contributed by atoms with Crippen molar-refractivity contribution in [1.29, 1.82) is 0 Å². The van der Waals surface area contributed by atoms with E-state index >= 15 is 0 Å². The Hall–Kier alpha value is -2.31. The van der Waals surface area contributed by atoms with Crippen LogP contribution in [0.2, 0.25) is 0 Å². The molecule has 1 N–H and O–H groups in total. The first-order valence-electron chi connectivity index (χ1n) is 5.54. The van der Waals surface area contributed by atoms with E-state index in [4.69, 9.17) is 5.11 Å². The Bertz CT molecular complexity index is 525. The third kappa shape index (κ3) is 2.88. The van der Waals surface area contributed by atoms with E-state index in [1.54, 1.807) is 24.0 Å². The molecule has 18 heavy (non-hydrogen) atoms. The third-order valence-electron chi connectivity index (χ3n) is 2.56. The van der Waals surface area contributed by atoms with Crippen LogP contribution >= 0.6 is 0 Å². The van der Waals surface area contributed by atoms with Crippen LogP contribution < -0.4 is 0 Å². The van der Waals surface area contributed by atoms with Gasteiger partial charge in [0.05, 0.1) is 12.5 Å². The highest BCUT2D eigenvalue weighted by molar-refractivity contribution is 5.67. The normalized spacial score (nSPS) is 12.3. The average Bonchev–Trinajstić information content (AvgIpc) is 2.77. The highest BCUT2D eigenvalue weighted by Gasteiger charge is 2.15. The van der Waals surface area contributed by atoms with E-state index in [0.29, 0.717) is 12.2 Å². The molecule has 0 saturated carbocycles. The summed E-state index contributed by atoms with van der Waals surface area (Å²) in [4.78, 5) is 14.6. The fourth-order valence-corrected chi connectivity index (χ4v) is 1.69. The molecule has 0 radical (unpaired) electrons. The maximum atomic E-state index is 10.7. The second kappa shape index (κ2) is 5.35. The molecule has 0 bridgehead atoms. The van der Waals surface area contributed by atoms with Gasteiger partial charge in [-0.3, -0.25) is 9.78 Å². The zero-order valence-electron chi connectivity index (χ0n) is 9.89. The number of nitrogens with zero attached hydrogens (tertiary/aromatic N) is 5. The number of carbonyl (C=O) groups is 1. The van der Waals surface area contributed by atoms with Crippen molar-refractivity contribution in [2.75, 3.05) is 0 Å². The van der Waals surface area contributed by atoms with Gasteiger partial charge in [0.25, 0.3) is 0 Å². The van der Waals surface area contributed by atoms with Gasteiger partial charge in [-0.05, 0) is 35.0 Å². The van der Waals surface area contributed by atoms with Gasteiger partial charge in [0.1, 0.15) is 0 Å². The lowest BCUT2D eigenvalue weighted by atomic mass is 10.2. The zero-order valence-corrected chi connectivity index (χ0v) is 9.89. The molecule has 0 aliphatic carbocycles. The topological polar surface area (TPSA) is 93.8 Å². The van der Waals surface area contributed by atoms with Crippen LogP contribution in [0.4, 0.5) is 0 Å². The van der Waals surface area contributed by atoms with Gasteiger partial charge in [0.15, 0.2) is 5.82 Å². The van der Waals surface area contributed by atoms with Crippen molar-refractivity contribution < 1.29 is 9.90 Å². The summed E-state index contributed by atoms with van der Waals surface area (Å²) in [5.41, 5.74) is 1.03. The molecule has 2 heterocycles. The molecule has 2 rings (SSSR count). The van der Waals surface area contributed by atoms with E-state index in [9.17, 15) is 4.79 Å². The standard InChI is InChI=1S/C11H13N5O2/c1-8(6-11(17)18)16-10(13-14-15-16)7-9-2-4-12-5-3-9/h2-5,8H,6-7H2,1H3,(H,17,18). The molecule has 94 valence electrons. The average molecular weight is 247 g/mol. The van der Waals surface area contributed by atoms with Crippen molar-refractivity contribution in [2.24, 2.45) is 0 Å². The van der Waals surface area contributed by atoms with Gasteiger partial charge in [-0.1, -0.05) is 0 Å². The molecule has 2 aromatic rings. The molecule has 2 aromatic heterocycles. The number of carboxylic acids is 1. The van der Waals surface area contributed by atoms with Crippen LogP contribution in [0.25, 0.3) is 0 Å². The molecular weight excluding hydrogens is 234 g/mol. The van der Waals surface area contributed by atoms with E-state index in [0.717, 1.165) is 5.56 Å². The summed E-state index contributed by atoms with van der Waals surface area (Å²) < 4.78 is 1.55. The summed E-state index contributed by atoms with van der Waals surface area (Å²) in [6, 6.07) is 3.48. The lowest BCUT2D eigenvalue weighted by Gasteiger charge is -2.10. The van der Waals surface area contributed by atoms with Gasteiger partial charge in [-0.15, -0.1) is 5.10 Å². The summed E-state index contributed by atoms with van der Waals surface area (Å²) in [5.74, 6) is -0.220. The number of hydrogen-bond acceptors (Lipinski definition) is 5. The van der Waals surface area contributed by atoms with Crippen LogP contribution in [0.1, 0.15) is 30.8 Å². The largest absolute Gasteiger partial charge is 0.481 e. The predicted octanol–water partition coefficient (Wildman–Crippen LogP) is 0.695. The molecule has 0 saturated heterocycles. The number of hydrogen-bond donors (Lipinski definition) is 1. The third-order valence-corrected chi connectivity index (χ3v) is 2.56. The van der Waals surface area contributed by atoms with Gasteiger partial charge in [0.2, 0.25) is 0 Å². The monoisotopic (exact) mass is 247 g/mol. The van der Waals surface area contributed by atoms with E-state index in [1.807, 2.05) is 12.1 Å². The highest BCUT2D eigenvalue weighted by atomic mass is 16.4. The van der Waals surface area contributed by atoms with Crippen molar-refractivity contribution in [3.63, 3.8) is 0 Å². The maximum absolute atomic E-state index is 10.7. The number of carboxylic acid groups (broad SMARTS) is 1. The molecule has 0 aliphatic rings.